The quantitative estimate of drug-likeness (QED) is 0.808. The van der Waals surface area contributed by atoms with Gasteiger partial charge in [-0.25, -0.2) is 13.2 Å². The number of carboxylic acid groups (broad SMARTS) is 1. The Balaban J connectivity index is 1.29. The highest BCUT2D eigenvalue weighted by atomic mass is 32.2. The van der Waals surface area contributed by atoms with Crippen molar-refractivity contribution in [1.29, 1.82) is 0 Å². The van der Waals surface area contributed by atoms with Gasteiger partial charge in [-0.3, -0.25) is 4.79 Å². The van der Waals surface area contributed by atoms with Crippen LogP contribution in [0, 0.1) is 5.92 Å². The fourth-order valence-corrected chi connectivity index (χ4v) is 7.48. The van der Waals surface area contributed by atoms with Gasteiger partial charge < -0.3 is 14.7 Å². The highest BCUT2D eigenvalue weighted by Gasteiger charge is 2.55. The molecule has 1 aliphatic carbocycles. The van der Waals surface area contributed by atoms with Gasteiger partial charge >= 0.3 is 12.1 Å². The summed E-state index contributed by atoms with van der Waals surface area (Å²) in [7, 11) is -3.79. The van der Waals surface area contributed by atoms with Crippen LogP contribution >= 0.6 is 0 Å². The van der Waals surface area contributed by atoms with Gasteiger partial charge in [0.2, 0.25) is 0 Å². The van der Waals surface area contributed by atoms with Crippen molar-refractivity contribution in [2.75, 3.05) is 19.7 Å². The molecule has 0 radical (unpaired) electrons. The van der Waals surface area contributed by atoms with Gasteiger partial charge in [0.1, 0.15) is 6.61 Å². The number of carboxylic acids is 1. The molecule has 2 aliphatic heterocycles. The molecule has 0 spiro atoms. The minimum Gasteiger partial charge on any atom is -0.480 e. The van der Waals surface area contributed by atoms with Crippen LogP contribution in [0.15, 0.2) is 48.5 Å². The van der Waals surface area contributed by atoms with Crippen molar-refractivity contribution in [3.05, 3.63) is 59.7 Å². The number of sulfone groups is 1. The molecule has 5 rings (SSSR count). The Kier molecular flexibility index (Phi) is 4.36. The topological polar surface area (TPSA) is 101 Å². The summed E-state index contributed by atoms with van der Waals surface area (Å²) >= 11 is 0. The second kappa shape index (κ2) is 6.84. The summed E-state index contributed by atoms with van der Waals surface area (Å²) in [5.74, 6) is -1.72. The number of rotatable bonds is 3. The number of likely N-dealkylation sites (tertiary alicyclic amines) is 1. The van der Waals surface area contributed by atoms with E-state index in [4.69, 9.17) is 9.84 Å². The maximum absolute atomic E-state index is 12.7. The first kappa shape index (κ1) is 19.1. The van der Waals surface area contributed by atoms with Crippen molar-refractivity contribution in [2.45, 2.75) is 22.8 Å². The van der Waals surface area contributed by atoms with E-state index in [1.807, 2.05) is 36.4 Å². The van der Waals surface area contributed by atoms with Crippen LogP contribution < -0.4 is 0 Å². The smallest absolute Gasteiger partial charge is 0.409 e. The third-order valence-corrected chi connectivity index (χ3v) is 9.15. The van der Waals surface area contributed by atoms with Crippen LogP contribution in [0.5, 0.6) is 0 Å². The number of carbonyl (C=O) groups excluding carboxylic acids is 1. The SMILES string of the molecule is O=C(O)C1C[C@H]2CN(C(=O)OCC3c4ccccc4-c4ccccc43)C[C@H]2S1(=O)=O. The van der Waals surface area contributed by atoms with Crippen LogP contribution in [-0.4, -0.2) is 60.7 Å². The van der Waals surface area contributed by atoms with Gasteiger partial charge in [-0.2, -0.15) is 0 Å². The third kappa shape index (κ3) is 2.81. The molecule has 2 aromatic rings. The van der Waals surface area contributed by atoms with Gasteiger partial charge in [-0.1, -0.05) is 48.5 Å². The second-order valence-corrected chi connectivity index (χ2v) is 10.5. The molecule has 2 fully saturated rings. The average Bonchev–Trinajstić information content (AvgIpc) is 3.36. The molecule has 2 saturated heterocycles. The van der Waals surface area contributed by atoms with Crippen LogP contribution in [0.1, 0.15) is 23.5 Å². The van der Waals surface area contributed by atoms with Gasteiger partial charge in [-0.15, -0.1) is 0 Å². The number of amides is 1. The number of hydrogen-bond donors (Lipinski definition) is 1. The summed E-state index contributed by atoms with van der Waals surface area (Å²) in [6, 6.07) is 16.1. The van der Waals surface area contributed by atoms with Crippen LogP contribution in [0.25, 0.3) is 11.1 Å². The molecule has 1 N–H and O–H groups in total. The van der Waals surface area contributed by atoms with Gasteiger partial charge in [0, 0.05) is 19.0 Å². The molecule has 3 atom stereocenters. The van der Waals surface area contributed by atoms with Gasteiger partial charge in [-0.05, 0) is 34.6 Å². The number of carbonyl (C=O) groups is 2. The van der Waals surface area contributed by atoms with Crippen molar-refractivity contribution < 1.29 is 27.9 Å². The lowest BCUT2D eigenvalue weighted by atomic mass is 9.98. The molecule has 7 nitrogen and oxygen atoms in total. The van der Waals surface area contributed by atoms with E-state index >= 15 is 0 Å². The predicted molar refractivity (Wildman–Crippen MR) is 109 cm³/mol. The first-order valence-electron chi connectivity index (χ1n) is 9.93. The lowest BCUT2D eigenvalue weighted by molar-refractivity contribution is -0.136. The normalized spacial score (nSPS) is 26.1. The minimum absolute atomic E-state index is 0.00649. The molecular formula is C22H21NO6S. The van der Waals surface area contributed by atoms with Crippen LogP contribution in [0.4, 0.5) is 4.79 Å². The molecule has 156 valence electrons. The molecule has 0 aromatic heterocycles. The minimum atomic E-state index is -3.79. The van der Waals surface area contributed by atoms with E-state index in [0.717, 1.165) is 22.3 Å². The number of ether oxygens (including phenoxy) is 1. The standard InChI is InChI=1S/C22H21NO6S/c24-21(25)19-9-13-10-23(11-20(13)30(19,27)28)22(26)29-12-18-16-7-3-1-5-14(16)15-6-2-4-8-17(15)18/h1-8,13,18-20H,9-12H2,(H,24,25)/t13-,19?,20+/m0/s1. The molecule has 3 aliphatic rings. The molecule has 30 heavy (non-hydrogen) atoms. The lowest BCUT2D eigenvalue weighted by Crippen LogP contribution is -2.37. The molecule has 2 heterocycles. The summed E-state index contributed by atoms with van der Waals surface area (Å²) in [5.41, 5.74) is 4.49. The zero-order valence-corrected chi connectivity index (χ0v) is 16.9. The molecule has 0 bridgehead atoms. The third-order valence-electron chi connectivity index (χ3n) is 6.59. The molecule has 1 unspecified atom stereocenters. The van der Waals surface area contributed by atoms with Crippen molar-refractivity contribution in [1.82, 2.24) is 4.90 Å². The number of nitrogens with zero attached hydrogens (tertiary/aromatic N) is 1. The molecule has 8 heteroatoms. The maximum Gasteiger partial charge on any atom is 0.409 e. The molecular weight excluding hydrogens is 406 g/mol. The largest absolute Gasteiger partial charge is 0.480 e. The van der Waals surface area contributed by atoms with Crippen LogP contribution in [0.3, 0.4) is 0 Å². The summed E-state index contributed by atoms with van der Waals surface area (Å²) in [5, 5.41) is 6.98. The van der Waals surface area contributed by atoms with Gasteiger partial charge in [0.15, 0.2) is 15.1 Å². The highest BCUT2D eigenvalue weighted by molar-refractivity contribution is 7.93. The Bertz CT molecular complexity index is 1100. The second-order valence-electron chi connectivity index (χ2n) is 8.16. The Labute approximate surface area is 174 Å². The summed E-state index contributed by atoms with van der Waals surface area (Å²) in [6.07, 6.45) is -0.497. The van der Waals surface area contributed by atoms with Crippen molar-refractivity contribution in [2.24, 2.45) is 5.92 Å². The van der Waals surface area contributed by atoms with Crippen LogP contribution in [0.2, 0.25) is 0 Å². The Morgan fingerprint density at radius 1 is 1.00 bits per heavy atom. The van der Waals surface area contributed by atoms with E-state index in [0.29, 0.717) is 0 Å². The van der Waals surface area contributed by atoms with E-state index in [9.17, 15) is 18.0 Å². The highest BCUT2D eigenvalue weighted by Crippen LogP contribution is 2.45. The van der Waals surface area contributed by atoms with E-state index in [1.165, 1.54) is 4.90 Å². The summed E-state index contributed by atoms with van der Waals surface area (Å²) in [4.78, 5) is 25.3. The van der Waals surface area contributed by atoms with E-state index in [2.05, 4.69) is 12.1 Å². The monoisotopic (exact) mass is 427 g/mol. The molecule has 0 saturated carbocycles. The van der Waals surface area contributed by atoms with Gasteiger partial charge in [0.05, 0.1) is 5.25 Å². The summed E-state index contributed by atoms with van der Waals surface area (Å²) in [6.45, 7) is 0.376. The first-order chi connectivity index (χ1) is 14.4. The summed E-state index contributed by atoms with van der Waals surface area (Å²) < 4.78 is 30.5. The molecule has 1 amide bonds. The van der Waals surface area contributed by atoms with Gasteiger partial charge in [0.25, 0.3) is 0 Å². The maximum atomic E-state index is 12.7. The van der Waals surface area contributed by atoms with Crippen molar-refractivity contribution >= 4 is 21.9 Å². The first-order valence-corrected chi connectivity index (χ1v) is 11.5. The number of fused-ring (bicyclic) bond motifs is 4. The average molecular weight is 427 g/mol. The number of benzene rings is 2. The van der Waals surface area contributed by atoms with E-state index in [-0.39, 0.29) is 38.0 Å². The number of aliphatic carboxylic acids is 1. The lowest BCUT2D eigenvalue weighted by Gasteiger charge is -2.20. The zero-order chi connectivity index (χ0) is 21.0. The Morgan fingerprint density at radius 3 is 2.17 bits per heavy atom. The Hall–Kier alpha value is -2.87. The van der Waals surface area contributed by atoms with Crippen LogP contribution in [-0.2, 0) is 19.4 Å². The van der Waals surface area contributed by atoms with Crippen molar-refractivity contribution in [3.8, 4) is 11.1 Å². The fraction of sp³-hybridized carbons (Fsp3) is 0.364. The fourth-order valence-electron chi connectivity index (χ4n) is 5.14. The zero-order valence-electron chi connectivity index (χ0n) is 16.1. The van der Waals surface area contributed by atoms with E-state index in [1.54, 1.807) is 0 Å². The number of hydrogen-bond acceptors (Lipinski definition) is 5. The Morgan fingerprint density at radius 2 is 1.60 bits per heavy atom. The predicted octanol–water partition coefficient (Wildman–Crippen LogP) is 2.51. The van der Waals surface area contributed by atoms with Crippen molar-refractivity contribution in [3.63, 3.8) is 0 Å². The van der Waals surface area contributed by atoms with E-state index < -0.39 is 32.4 Å². The molecule has 2 aromatic carbocycles.